The largest absolute Gasteiger partial charge is 0.508 e. The fourth-order valence-corrected chi connectivity index (χ4v) is 2.39. The van der Waals surface area contributed by atoms with Crippen LogP contribution in [0, 0.1) is 0 Å². The van der Waals surface area contributed by atoms with Crippen LogP contribution in [0.4, 0.5) is 4.79 Å². The van der Waals surface area contributed by atoms with E-state index in [1.54, 1.807) is 11.0 Å². The number of nitrogens with zero attached hydrogens (tertiary/aromatic N) is 1. The van der Waals surface area contributed by atoms with Gasteiger partial charge in [0.15, 0.2) is 0 Å². The molecule has 1 aliphatic heterocycles. The highest BCUT2D eigenvalue weighted by Gasteiger charge is 2.27. The van der Waals surface area contributed by atoms with E-state index in [1.165, 1.54) is 13.2 Å². The molecule has 0 aliphatic carbocycles. The minimum absolute atomic E-state index is 0.0572. The van der Waals surface area contributed by atoms with Crippen molar-refractivity contribution in [2.75, 3.05) is 13.7 Å². The fourth-order valence-electron chi connectivity index (χ4n) is 2.39. The first-order valence-electron chi connectivity index (χ1n) is 7.12. The number of hydrogen-bond donors (Lipinski definition) is 1. The smallest absolute Gasteiger partial charge is 0.410 e. The van der Waals surface area contributed by atoms with Crippen molar-refractivity contribution in [3.8, 4) is 5.75 Å². The predicted molar refractivity (Wildman–Crippen MR) is 79.8 cm³/mol. The Morgan fingerprint density at radius 1 is 1.27 bits per heavy atom. The molecular formula is C16H21NO5. The van der Waals surface area contributed by atoms with Gasteiger partial charge in [-0.25, -0.2) is 9.59 Å². The maximum atomic E-state index is 12.1. The standard InChI is InChI=1S/C16H21NO5/c1-16(2,3)22-15(20)17-6-5-12-11(9-17)7-10(8-13(12)18)14(19)21-4/h7-8,18H,5-6,9H2,1-4H3. The normalized spacial score (nSPS) is 14.3. The van der Waals surface area contributed by atoms with Gasteiger partial charge in [0.05, 0.1) is 12.7 Å². The molecule has 1 aliphatic rings. The van der Waals surface area contributed by atoms with Crippen LogP contribution in [0.3, 0.4) is 0 Å². The van der Waals surface area contributed by atoms with E-state index >= 15 is 0 Å². The first kappa shape index (κ1) is 16.1. The van der Waals surface area contributed by atoms with Crippen molar-refractivity contribution < 1.29 is 24.2 Å². The lowest BCUT2D eigenvalue weighted by Gasteiger charge is -2.31. The summed E-state index contributed by atoms with van der Waals surface area (Å²) in [5.74, 6) is -0.464. The van der Waals surface area contributed by atoms with Crippen LogP contribution in [0.2, 0.25) is 0 Å². The summed E-state index contributed by atoms with van der Waals surface area (Å²) in [6, 6.07) is 3.05. The topological polar surface area (TPSA) is 76.1 Å². The molecule has 1 heterocycles. The van der Waals surface area contributed by atoms with E-state index in [1.807, 2.05) is 20.8 Å². The molecule has 0 unspecified atom stereocenters. The van der Waals surface area contributed by atoms with Gasteiger partial charge in [-0.1, -0.05) is 0 Å². The molecule has 1 N–H and O–H groups in total. The van der Waals surface area contributed by atoms with E-state index in [9.17, 15) is 14.7 Å². The Morgan fingerprint density at radius 3 is 2.55 bits per heavy atom. The van der Waals surface area contributed by atoms with Gasteiger partial charge in [-0.3, -0.25) is 0 Å². The zero-order valence-electron chi connectivity index (χ0n) is 13.3. The second-order valence-corrected chi connectivity index (χ2v) is 6.28. The van der Waals surface area contributed by atoms with E-state index in [4.69, 9.17) is 4.74 Å². The number of aromatic hydroxyl groups is 1. The molecule has 6 nitrogen and oxygen atoms in total. The monoisotopic (exact) mass is 307 g/mol. The molecule has 0 aromatic heterocycles. The first-order valence-corrected chi connectivity index (χ1v) is 7.12. The van der Waals surface area contributed by atoms with Gasteiger partial charge in [-0.2, -0.15) is 0 Å². The van der Waals surface area contributed by atoms with E-state index in [0.29, 0.717) is 19.5 Å². The Balaban J connectivity index is 2.23. The zero-order valence-corrected chi connectivity index (χ0v) is 13.3. The van der Waals surface area contributed by atoms with Gasteiger partial charge in [-0.05, 0) is 44.9 Å². The second-order valence-electron chi connectivity index (χ2n) is 6.28. The van der Waals surface area contributed by atoms with Crippen LogP contribution >= 0.6 is 0 Å². The summed E-state index contributed by atoms with van der Waals surface area (Å²) in [7, 11) is 1.28. The summed E-state index contributed by atoms with van der Waals surface area (Å²) < 4.78 is 10.0. The number of phenols is 1. The molecule has 2 rings (SSSR count). The van der Waals surface area contributed by atoms with Crippen molar-refractivity contribution in [3.05, 3.63) is 28.8 Å². The summed E-state index contributed by atoms with van der Waals surface area (Å²) in [5, 5.41) is 10.1. The molecule has 0 radical (unpaired) electrons. The number of phenolic OH excluding ortho intramolecular Hbond substituents is 1. The number of esters is 1. The first-order chi connectivity index (χ1) is 10.2. The SMILES string of the molecule is COC(=O)c1cc(O)c2c(c1)CN(C(=O)OC(C)(C)C)CC2. The molecule has 120 valence electrons. The van der Waals surface area contributed by atoms with Gasteiger partial charge < -0.3 is 19.5 Å². The highest BCUT2D eigenvalue weighted by molar-refractivity contribution is 5.90. The third-order valence-corrected chi connectivity index (χ3v) is 3.38. The van der Waals surface area contributed by atoms with Crippen molar-refractivity contribution in [1.29, 1.82) is 0 Å². The van der Waals surface area contributed by atoms with Crippen LogP contribution in [-0.2, 0) is 22.4 Å². The predicted octanol–water partition coefficient (Wildman–Crippen LogP) is 2.47. The fraction of sp³-hybridized carbons (Fsp3) is 0.500. The minimum Gasteiger partial charge on any atom is -0.508 e. The molecule has 0 fully saturated rings. The molecule has 0 bridgehead atoms. The van der Waals surface area contributed by atoms with Crippen LogP contribution in [0.25, 0.3) is 0 Å². The molecule has 0 atom stereocenters. The van der Waals surface area contributed by atoms with Crippen LogP contribution in [-0.4, -0.2) is 41.3 Å². The number of rotatable bonds is 1. The third-order valence-electron chi connectivity index (χ3n) is 3.38. The van der Waals surface area contributed by atoms with Gasteiger partial charge in [-0.15, -0.1) is 0 Å². The number of amides is 1. The molecule has 1 aromatic rings. The number of carbonyl (C=O) groups is 2. The quantitative estimate of drug-likeness (QED) is 0.807. The summed E-state index contributed by atoms with van der Waals surface area (Å²) in [6.45, 7) is 6.19. The van der Waals surface area contributed by atoms with E-state index in [2.05, 4.69) is 4.74 Å². The number of ether oxygens (including phenoxy) is 2. The van der Waals surface area contributed by atoms with Crippen LogP contribution in [0.5, 0.6) is 5.75 Å². The molecule has 6 heteroatoms. The molecule has 0 spiro atoms. The van der Waals surface area contributed by atoms with Crippen molar-refractivity contribution in [3.63, 3.8) is 0 Å². The summed E-state index contributed by atoms with van der Waals surface area (Å²) in [4.78, 5) is 25.3. The molecule has 0 saturated carbocycles. The summed E-state index contributed by atoms with van der Waals surface area (Å²) in [5.41, 5.74) is 1.20. The van der Waals surface area contributed by atoms with Gasteiger partial charge in [0.25, 0.3) is 0 Å². The minimum atomic E-state index is -0.562. The summed E-state index contributed by atoms with van der Waals surface area (Å²) >= 11 is 0. The summed E-state index contributed by atoms with van der Waals surface area (Å²) in [6.07, 6.45) is 0.114. The van der Waals surface area contributed by atoms with Gasteiger partial charge >= 0.3 is 12.1 Å². The average Bonchev–Trinajstić information content (AvgIpc) is 2.43. The average molecular weight is 307 g/mol. The van der Waals surface area contributed by atoms with Crippen LogP contribution < -0.4 is 0 Å². The Kier molecular flexibility index (Phi) is 4.30. The van der Waals surface area contributed by atoms with Crippen molar-refractivity contribution in [2.24, 2.45) is 0 Å². The number of methoxy groups -OCH3 is 1. The Hall–Kier alpha value is -2.24. The lowest BCUT2D eigenvalue weighted by molar-refractivity contribution is 0.0223. The second kappa shape index (κ2) is 5.87. The van der Waals surface area contributed by atoms with Gasteiger partial charge in [0, 0.05) is 18.7 Å². The number of carbonyl (C=O) groups excluding carboxylic acids is 2. The molecule has 22 heavy (non-hydrogen) atoms. The molecule has 1 amide bonds. The highest BCUT2D eigenvalue weighted by atomic mass is 16.6. The maximum Gasteiger partial charge on any atom is 0.410 e. The van der Waals surface area contributed by atoms with Gasteiger partial charge in [0.2, 0.25) is 0 Å². The molecule has 1 aromatic carbocycles. The number of hydrogen-bond acceptors (Lipinski definition) is 5. The van der Waals surface area contributed by atoms with E-state index in [0.717, 1.165) is 11.1 Å². The lowest BCUT2D eigenvalue weighted by atomic mass is 9.96. The maximum absolute atomic E-state index is 12.1. The molecule has 0 saturated heterocycles. The van der Waals surface area contributed by atoms with Crippen LogP contribution in [0.15, 0.2) is 12.1 Å². The highest BCUT2D eigenvalue weighted by Crippen LogP contribution is 2.29. The lowest BCUT2D eigenvalue weighted by Crippen LogP contribution is -2.40. The van der Waals surface area contributed by atoms with Gasteiger partial charge in [0.1, 0.15) is 11.4 Å². The van der Waals surface area contributed by atoms with E-state index in [-0.39, 0.29) is 11.3 Å². The van der Waals surface area contributed by atoms with Crippen molar-refractivity contribution in [2.45, 2.75) is 39.3 Å². The number of fused-ring (bicyclic) bond motifs is 1. The van der Waals surface area contributed by atoms with E-state index < -0.39 is 17.7 Å². The van der Waals surface area contributed by atoms with Crippen molar-refractivity contribution in [1.82, 2.24) is 4.90 Å². The Labute approximate surface area is 129 Å². The van der Waals surface area contributed by atoms with Crippen LogP contribution in [0.1, 0.15) is 42.3 Å². The Morgan fingerprint density at radius 2 is 1.95 bits per heavy atom. The van der Waals surface area contributed by atoms with Crippen molar-refractivity contribution >= 4 is 12.1 Å². The zero-order chi connectivity index (χ0) is 16.5. The third kappa shape index (κ3) is 3.50. The number of benzene rings is 1. The molecular weight excluding hydrogens is 286 g/mol. The Bertz CT molecular complexity index is 603.